The highest BCUT2D eigenvalue weighted by Crippen LogP contribution is 2.25. The highest BCUT2D eigenvalue weighted by atomic mass is 19.1. The summed E-state index contributed by atoms with van der Waals surface area (Å²) in [6, 6.07) is 11.4. The van der Waals surface area contributed by atoms with Crippen LogP contribution in [0.3, 0.4) is 0 Å². The fourth-order valence-corrected chi connectivity index (χ4v) is 2.61. The van der Waals surface area contributed by atoms with E-state index >= 15 is 0 Å². The lowest BCUT2D eigenvalue weighted by Gasteiger charge is -2.19. The number of halogens is 1. The van der Waals surface area contributed by atoms with E-state index in [1.54, 1.807) is 13.2 Å². The van der Waals surface area contributed by atoms with E-state index in [1.807, 2.05) is 33.0 Å². The average Bonchev–Trinajstić information content (AvgIpc) is 2.46. The Balaban J connectivity index is 2.25. The Morgan fingerprint density at radius 2 is 1.86 bits per heavy atom. The van der Waals surface area contributed by atoms with Crippen molar-refractivity contribution in [2.24, 2.45) is 0 Å². The molecule has 2 nitrogen and oxygen atoms in total. The highest BCUT2D eigenvalue weighted by Gasteiger charge is 2.13. The standard InChI is InChI=1S/C18H22FNO/c1-12-10-16(19)7-5-14(12)11-17(20-3)15-6-8-18(21-4)13(2)9-15/h5-10,17,20H,11H2,1-4H3. The van der Waals surface area contributed by atoms with Crippen LogP contribution in [0, 0.1) is 19.7 Å². The maximum atomic E-state index is 13.2. The number of hydrogen-bond acceptors (Lipinski definition) is 2. The van der Waals surface area contributed by atoms with Crippen LogP contribution in [0.4, 0.5) is 4.39 Å². The zero-order valence-electron chi connectivity index (χ0n) is 13.0. The molecule has 2 aromatic carbocycles. The number of nitrogens with one attached hydrogen (secondary N) is 1. The molecule has 0 bridgehead atoms. The molecule has 0 aliphatic rings. The van der Waals surface area contributed by atoms with E-state index in [-0.39, 0.29) is 11.9 Å². The van der Waals surface area contributed by atoms with Crippen LogP contribution in [0.2, 0.25) is 0 Å². The zero-order valence-corrected chi connectivity index (χ0v) is 13.0. The maximum Gasteiger partial charge on any atom is 0.123 e. The smallest absolute Gasteiger partial charge is 0.123 e. The Hall–Kier alpha value is -1.87. The van der Waals surface area contributed by atoms with E-state index in [9.17, 15) is 4.39 Å². The predicted octanol–water partition coefficient (Wildman–Crippen LogP) is 3.95. The van der Waals surface area contributed by atoms with E-state index < -0.39 is 0 Å². The Labute approximate surface area is 126 Å². The number of methoxy groups -OCH3 is 1. The molecule has 0 aliphatic carbocycles. The summed E-state index contributed by atoms with van der Waals surface area (Å²) in [6.07, 6.45) is 0.828. The first-order chi connectivity index (χ1) is 10.0. The zero-order chi connectivity index (χ0) is 15.4. The normalized spacial score (nSPS) is 12.2. The Morgan fingerprint density at radius 3 is 2.43 bits per heavy atom. The summed E-state index contributed by atoms with van der Waals surface area (Å²) in [5, 5.41) is 3.34. The van der Waals surface area contributed by atoms with Crippen LogP contribution in [-0.2, 0) is 6.42 Å². The van der Waals surface area contributed by atoms with E-state index in [0.717, 1.165) is 28.9 Å². The molecule has 1 unspecified atom stereocenters. The van der Waals surface area contributed by atoms with Crippen LogP contribution in [0.1, 0.15) is 28.3 Å². The molecule has 0 aromatic heterocycles. The number of likely N-dealkylation sites (N-methyl/N-ethyl adjacent to an activating group) is 1. The minimum absolute atomic E-state index is 0.183. The summed E-state index contributed by atoms with van der Waals surface area (Å²) in [7, 11) is 3.63. The fraction of sp³-hybridized carbons (Fsp3) is 0.333. The summed E-state index contributed by atoms with van der Waals surface area (Å²) in [5.74, 6) is 0.712. The largest absolute Gasteiger partial charge is 0.496 e. The average molecular weight is 287 g/mol. The molecule has 112 valence electrons. The number of rotatable bonds is 5. The van der Waals surface area contributed by atoms with Gasteiger partial charge in [0.2, 0.25) is 0 Å². The van der Waals surface area contributed by atoms with Gasteiger partial charge in [0.25, 0.3) is 0 Å². The lowest BCUT2D eigenvalue weighted by molar-refractivity contribution is 0.411. The molecule has 0 fully saturated rings. The van der Waals surface area contributed by atoms with Crippen molar-refractivity contribution in [3.8, 4) is 5.75 Å². The van der Waals surface area contributed by atoms with Crippen LogP contribution in [0.25, 0.3) is 0 Å². The second-order valence-electron chi connectivity index (χ2n) is 5.35. The monoisotopic (exact) mass is 287 g/mol. The summed E-state index contributed by atoms with van der Waals surface area (Å²) >= 11 is 0. The first-order valence-corrected chi connectivity index (χ1v) is 7.12. The lowest BCUT2D eigenvalue weighted by Crippen LogP contribution is -2.19. The second kappa shape index (κ2) is 6.72. The number of ether oxygens (including phenoxy) is 1. The molecule has 3 heteroatoms. The van der Waals surface area contributed by atoms with E-state index in [4.69, 9.17) is 4.74 Å². The maximum absolute atomic E-state index is 13.2. The third-order valence-electron chi connectivity index (χ3n) is 3.90. The molecule has 0 saturated carbocycles. The topological polar surface area (TPSA) is 21.3 Å². The summed E-state index contributed by atoms with van der Waals surface area (Å²) < 4.78 is 18.5. The van der Waals surface area contributed by atoms with Gasteiger partial charge in [-0.15, -0.1) is 0 Å². The Morgan fingerprint density at radius 1 is 1.10 bits per heavy atom. The molecule has 1 atom stereocenters. The number of benzene rings is 2. The molecule has 21 heavy (non-hydrogen) atoms. The quantitative estimate of drug-likeness (QED) is 0.899. The second-order valence-corrected chi connectivity index (χ2v) is 5.35. The summed E-state index contributed by atoms with van der Waals surface area (Å²) in [6.45, 7) is 3.99. The summed E-state index contributed by atoms with van der Waals surface area (Å²) in [4.78, 5) is 0. The molecular weight excluding hydrogens is 265 g/mol. The van der Waals surface area contributed by atoms with Gasteiger partial charge in [-0.05, 0) is 67.8 Å². The van der Waals surface area contributed by atoms with Gasteiger partial charge >= 0.3 is 0 Å². The molecule has 0 saturated heterocycles. The molecule has 2 aromatic rings. The van der Waals surface area contributed by atoms with Crippen molar-refractivity contribution in [2.75, 3.05) is 14.2 Å². The SMILES string of the molecule is CNC(Cc1ccc(F)cc1C)c1ccc(OC)c(C)c1. The molecule has 0 spiro atoms. The van der Waals surface area contributed by atoms with E-state index in [0.29, 0.717) is 0 Å². The van der Waals surface area contributed by atoms with Gasteiger partial charge in [-0.25, -0.2) is 4.39 Å². The summed E-state index contributed by atoms with van der Waals surface area (Å²) in [5.41, 5.74) is 4.47. The van der Waals surface area contributed by atoms with Crippen molar-refractivity contribution in [2.45, 2.75) is 26.3 Å². The predicted molar refractivity (Wildman–Crippen MR) is 84.4 cm³/mol. The molecule has 0 aliphatic heterocycles. The molecule has 0 heterocycles. The van der Waals surface area contributed by atoms with Crippen molar-refractivity contribution in [1.29, 1.82) is 0 Å². The van der Waals surface area contributed by atoms with Gasteiger partial charge in [-0.2, -0.15) is 0 Å². The lowest BCUT2D eigenvalue weighted by atomic mass is 9.95. The third kappa shape index (κ3) is 3.61. The van der Waals surface area contributed by atoms with Gasteiger partial charge in [0.05, 0.1) is 7.11 Å². The molecule has 2 rings (SSSR count). The highest BCUT2D eigenvalue weighted by molar-refractivity contribution is 5.38. The van der Waals surface area contributed by atoms with Crippen LogP contribution in [0.15, 0.2) is 36.4 Å². The van der Waals surface area contributed by atoms with Crippen LogP contribution in [0.5, 0.6) is 5.75 Å². The van der Waals surface area contributed by atoms with E-state index in [1.165, 1.54) is 11.6 Å². The van der Waals surface area contributed by atoms with Crippen LogP contribution >= 0.6 is 0 Å². The number of hydrogen-bond donors (Lipinski definition) is 1. The van der Waals surface area contributed by atoms with Crippen molar-refractivity contribution in [3.05, 3.63) is 64.5 Å². The Bertz CT molecular complexity index is 625. The van der Waals surface area contributed by atoms with Crippen molar-refractivity contribution in [1.82, 2.24) is 5.32 Å². The Kier molecular flexibility index (Phi) is 4.97. The van der Waals surface area contributed by atoms with Crippen molar-refractivity contribution in [3.63, 3.8) is 0 Å². The van der Waals surface area contributed by atoms with Crippen molar-refractivity contribution >= 4 is 0 Å². The first kappa shape index (κ1) is 15.5. The molecule has 0 amide bonds. The van der Waals surface area contributed by atoms with Crippen LogP contribution in [-0.4, -0.2) is 14.2 Å². The molecular formula is C18H22FNO. The third-order valence-corrected chi connectivity index (χ3v) is 3.90. The van der Waals surface area contributed by atoms with Gasteiger partial charge in [-0.3, -0.25) is 0 Å². The van der Waals surface area contributed by atoms with Gasteiger partial charge < -0.3 is 10.1 Å². The van der Waals surface area contributed by atoms with Gasteiger partial charge in [0.15, 0.2) is 0 Å². The van der Waals surface area contributed by atoms with E-state index in [2.05, 4.69) is 17.4 Å². The first-order valence-electron chi connectivity index (χ1n) is 7.12. The fourth-order valence-electron chi connectivity index (χ4n) is 2.61. The number of aryl methyl sites for hydroxylation is 2. The van der Waals surface area contributed by atoms with Crippen LogP contribution < -0.4 is 10.1 Å². The molecule has 1 N–H and O–H groups in total. The van der Waals surface area contributed by atoms with Gasteiger partial charge in [0.1, 0.15) is 11.6 Å². The minimum Gasteiger partial charge on any atom is -0.496 e. The molecule has 0 radical (unpaired) electrons. The van der Waals surface area contributed by atoms with Crippen molar-refractivity contribution < 1.29 is 9.13 Å². The van der Waals surface area contributed by atoms with Gasteiger partial charge in [0, 0.05) is 6.04 Å². The minimum atomic E-state index is -0.183. The van der Waals surface area contributed by atoms with Gasteiger partial charge in [-0.1, -0.05) is 18.2 Å².